The fourth-order valence-corrected chi connectivity index (χ4v) is 4.45. The molecule has 2 aromatic carbocycles. The van der Waals surface area contributed by atoms with E-state index in [1.807, 2.05) is 66.9 Å². The smallest absolute Gasteiger partial charge is 0.286 e. The van der Waals surface area contributed by atoms with Gasteiger partial charge in [-0.15, -0.1) is 0 Å². The summed E-state index contributed by atoms with van der Waals surface area (Å²) in [5, 5.41) is 1.69. The molecule has 0 aliphatic carbocycles. The Morgan fingerprint density at radius 3 is 2.39 bits per heavy atom. The maximum Gasteiger partial charge on any atom is 0.286 e. The third-order valence-electron chi connectivity index (χ3n) is 5.40. The first kappa shape index (κ1) is 21.1. The summed E-state index contributed by atoms with van der Waals surface area (Å²) in [6, 6.07) is 23.9. The number of aromatic nitrogens is 1. The Hall–Kier alpha value is -3.16. The Labute approximate surface area is 185 Å². The van der Waals surface area contributed by atoms with Crippen LogP contribution in [0.4, 0.5) is 16.3 Å². The summed E-state index contributed by atoms with van der Waals surface area (Å²) in [4.78, 5) is 27.6. The minimum atomic E-state index is -0.360. The number of likely N-dealkylation sites (N-methyl/N-ethyl adjacent to an activating group) is 1. The minimum Gasteiger partial charge on any atom is -0.488 e. The standard InChI is InChI=1S/C24H23N3O3S/c1-27(19-7-3-2-4-8-19,22-9-5-6-14-25-22)15-16-30-20-12-10-18(11-13-20)17-21-23(28)26-24(29)31-21/h2-14,21H,15-17H2,1H3/p+1. The Morgan fingerprint density at radius 2 is 1.74 bits per heavy atom. The van der Waals surface area contributed by atoms with E-state index in [-0.39, 0.29) is 16.4 Å². The second-order valence-corrected chi connectivity index (χ2v) is 8.69. The van der Waals surface area contributed by atoms with Gasteiger partial charge in [-0.05, 0) is 42.3 Å². The van der Waals surface area contributed by atoms with Gasteiger partial charge in [-0.2, -0.15) is 0 Å². The number of nitrogens with zero attached hydrogens (tertiary/aromatic N) is 2. The number of carbonyl (C=O) groups excluding carboxylic acids is 2. The Balaban J connectivity index is 1.40. The molecule has 2 unspecified atom stereocenters. The number of thioether (sulfide) groups is 1. The Kier molecular flexibility index (Phi) is 6.34. The van der Waals surface area contributed by atoms with E-state index in [1.165, 1.54) is 0 Å². The first-order chi connectivity index (χ1) is 15.0. The van der Waals surface area contributed by atoms with E-state index in [2.05, 4.69) is 29.5 Å². The fourth-order valence-electron chi connectivity index (χ4n) is 3.59. The number of benzene rings is 2. The highest BCUT2D eigenvalue weighted by atomic mass is 32.2. The second-order valence-electron chi connectivity index (χ2n) is 7.52. The zero-order valence-corrected chi connectivity index (χ0v) is 18.0. The van der Waals surface area contributed by atoms with Crippen LogP contribution in [0.1, 0.15) is 5.56 Å². The molecule has 4 rings (SSSR count). The van der Waals surface area contributed by atoms with Crippen molar-refractivity contribution < 1.29 is 14.3 Å². The van der Waals surface area contributed by atoms with Gasteiger partial charge in [0.05, 0.1) is 12.3 Å². The van der Waals surface area contributed by atoms with E-state index in [4.69, 9.17) is 4.74 Å². The molecule has 2 heterocycles. The maximum atomic E-state index is 11.7. The molecule has 1 N–H and O–H groups in total. The van der Waals surface area contributed by atoms with E-state index in [9.17, 15) is 9.59 Å². The number of pyridine rings is 1. The van der Waals surface area contributed by atoms with Crippen molar-refractivity contribution in [3.05, 3.63) is 84.6 Å². The third kappa shape index (κ3) is 4.95. The van der Waals surface area contributed by atoms with Gasteiger partial charge in [-0.3, -0.25) is 14.9 Å². The molecule has 1 fully saturated rings. The number of amides is 2. The lowest BCUT2D eigenvalue weighted by Gasteiger charge is -2.32. The number of rotatable bonds is 8. The van der Waals surface area contributed by atoms with E-state index in [1.54, 1.807) is 0 Å². The molecule has 6 nitrogen and oxygen atoms in total. The predicted octanol–water partition coefficient (Wildman–Crippen LogP) is 4.32. The first-order valence-corrected chi connectivity index (χ1v) is 11.0. The lowest BCUT2D eigenvalue weighted by atomic mass is 10.1. The molecule has 7 heteroatoms. The first-order valence-electron chi connectivity index (χ1n) is 10.1. The van der Waals surface area contributed by atoms with E-state index < -0.39 is 0 Å². The van der Waals surface area contributed by atoms with Crippen molar-refractivity contribution in [1.82, 2.24) is 14.8 Å². The average Bonchev–Trinajstić information content (AvgIpc) is 3.12. The number of ether oxygens (including phenoxy) is 1. The quantitative estimate of drug-likeness (QED) is 0.535. The van der Waals surface area contributed by atoms with Crippen LogP contribution in [0.3, 0.4) is 0 Å². The monoisotopic (exact) mass is 434 g/mol. The van der Waals surface area contributed by atoms with Crippen LogP contribution in [0.15, 0.2) is 79.0 Å². The van der Waals surface area contributed by atoms with Crippen molar-refractivity contribution in [2.24, 2.45) is 0 Å². The molecule has 2 atom stereocenters. The van der Waals surface area contributed by atoms with Crippen molar-refractivity contribution in [2.75, 3.05) is 20.2 Å². The number of hydrogen-bond acceptors (Lipinski definition) is 5. The van der Waals surface area contributed by atoms with Crippen molar-refractivity contribution >= 4 is 34.4 Å². The molecular formula is C24H24N3O3S+. The number of hydrogen-bond donors (Lipinski definition) is 1. The van der Waals surface area contributed by atoms with E-state index in [0.717, 1.165) is 34.6 Å². The normalized spacial score (nSPS) is 17.8. The van der Waals surface area contributed by atoms with Crippen LogP contribution in [0, 0.1) is 0 Å². The summed E-state index contributed by atoms with van der Waals surface area (Å²) in [5.74, 6) is 1.50. The molecule has 0 spiro atoms. The van der Waals surface area contributed by atoms with Crippen LogP contribution in [0.25, 0.3) is 0 Å². The van der Waals surface area contributed by atoms with Crippen LogP contribution in [-0.4, -0.2) is 41.6 Å². The van der Waals surface area contributed by atoms with Crippen molar-refractivity contribution in [2.45, 2.75) is 11.7 Å². The highest BCUT2D eigenvalue weighted by molar-refractivity contribution is 8.15. The summed E-state index contributed by atoms with van der Waals surface area (Å²) in [7, 11) is 2.13. The fraction of sp³-hybridized carbons (Fsp3) is 0.208. The zero-order valence-electron chi connectivity index (χ0n) is 17.2. The second kappa shape index (κ2) is 9.32. The molecule has 0 radical (unpaired) electrons. The lowest BCUT2D eigenvalue weighted by molar-refractivity contribution is -0.118. The number of quaternary nitrogens is 1. The molecule has 158 valence electrons. The summed E-state index contributed by atoms with van der Waals surface area (Å²) < 4.78 is 6.56. The van der Waals surface area contributed by atoms with Crippen LogP contribution in [-0.2, 0) is 11.2 Å². The average molecular weight is 435 g/mol. The van der Waals surface area contributed by atoms with Gasteiger partial charge in [0.1, 0.15) is 24.6 Å². The largest absolute Gasteiger partial charge is 0.488 e. The molecule has 2 amide bonds. The zero-order chi connectivity index (χ0) is 21.7. The minimum absolute atomic E-state index is 0.220. The molecule has 31 heavy (non-hydrogen) atoms. The SMILES string of the molecule is C[N+](CCOc1ccc(CC2SC(=O)NC2=O)cc1)(c1ccccc1)c1ccccn1. The molecule has 1 aliphatic rings. The highest BCUT2D eigenvalue weighted by Crippen LogP contribution is 2.30. The maximum absolute atomic E-state index is 11.7. The molecule has 1 aromatic heterocycles. The summed E-state index contributed by atoms with van der Waals surface area (Å²) >= 11 is 1.05. The molecule has 0 saturated carbocycles. The molecule has 1 aliphatic heterocycles. The van der Waals surface area contributed by atoms with Gasteiger partial charge in [-0.1, -0.05) is 48.2 Å². The van der Waals surface area contributed by atoms with Crippen LogP contribution < -0.4 is 14.5 Å². The number of imide groups is 1. The number of nitrogens with one attached hydrogen (secondary N) is 1. The van der Waals surface area contributed by atoms with Gasteiger partial charge < -0.3 is 4.74 Å². The van der Waals surface area contributed by atoms with E-state index >= 15 is 0 Å². The predicted molar refractivity (Wildman–Crippen MR) is 123 cm³/mol. The van der Waals surface area contributed by atoms with Gasteiger partial charge in [0, 0.05) is 12.3 Å². The van der Waals surface area contributed by atoms with Crippen LogP contribution in [0.5, 0.6) is 5.75 Å². The van der Waals surface area contributed by atoms with Gasteiger partial charge in [0.25, 0.3) is 5.24 Å². The summed E-state index contributed by atoms with van der Waals surface area (Å²) in [6.07, 6.45) is 2.33. The van der Waals surface area contributed by atoms with Crippen LogP contribution in [0.2, 0.25) is 0 Å². The lowest BCUT2D eigenvalue weighted by Crippen LogP contribution is -2.43. The van der Waals surface area contributed by atoms with Crippen molar-refractivity contribution in [1.29, 1.82) is 0 Å². The van der Waals surface area contributed by atoms with Gasteiger partial charge in [-0.25, -0.2) is 9.47 Å². The number of carbonyl (C=O) groups is 2. The topological polar surface area (TPSA) is 68.3 Å². The van der Waals surface area contributed by atoms with Gasteiger partial charge >= 0.3 is 0 Å². The van der Waals surface area contributed by atoms with Gasteiger partial charge in [0.2, 0.25) is 11.7 Å². The van der Waals surface area contributed by atoms with Crippen molar-refractivity contribution in [3.63, 3.8) is 0 Å². The van der Waals surface area contributed by atoms with Crippen molar-refractivity contribution in [3.8, 4) is 5.75 Å². The summed E-state index contributed by atoms with van der Waals surface area (Å²) in [6.45, 7) is 1.22. The molecule has 3 aromatic rings. The molecular weight excluding hydrogens is 410 g/mol. The van der Waals surface area contributed by atoms with Gasteiger partial charge in [0.15, 0.2) is 0 Å². The van der Waals surface area contributed by atoms with E-state index in [0.29, 0.717) is 24.1 Å². The van der Waals surface area contributed by atoms with Crippen LogP contribution >= 0.6 is 11.8 Å². The molecule has 0 bridgehead atoms. The number of para-hydroxylation sites is 1. The molecule has 1 saturated heterocycles. The Bertz CT molecular complexity index is 1000. The Morgan fingerprint density at radius 1 is 1.00 bits per heavy atom. The third-order valence-corrected chi connectivity index (χ3v) is 6.38. The highest BCUT2D eigenvalue weighted by Gasteiger charge is 2.31. The summed E-state index contributed by atoms with van der Waals surface area (Å²) in [5.41, 5.74) is 2.13.